The summed E-state index contributed by atoms with van der Waals surface area (Å²) in [5, 5.41) is 0. The van der Waals surface area contributed by atoms with Gasteiger partial charge in [-0.15, -0.1) is 0 Å². The van der Waals surface area contributed by atoms with E-state index in [1.165, 1.54) is 13.2 Å². The van der Waals surface area contributed by atoms with Gasteiger partial charge in [0, 0.05) is 0 Å². The van der Waals surface area contributed by atoms with E-state index < -0.39 is 23.4 Å². The molecule has 102 valence electrons. The third kappa shape index (κ3) is 2.54. The van der Waals surface area contributed by atoms with Crippen molar-refractivity contribution in [2.24, 2.45) is 0 Å². The number of carbonyl (C=O) groups is 2. The zero-order chi connectivity index (χ0) is 14.2. The summed E-state index contributed by atoms with van der Waals surface area (Å²) in [7, 11) is 1.25. The van der Waals surface area contributed by atoms with E-state index in [1.807, 2.05) is 0 Å². The van der Waals surface area contributed by atoms with Crippen molar-refractivity contribution >= 4 is 17.4 Å². The first-order chi connectivity index (χ1) is 8.82. The van der Waals surface area contributed by atoms with Gasteiger partial charge in [-0.05, 0) is 18.2 Å². The van der Waals surface area contributed by atoms with E-state index in [4.69, 9.17) is 4.74 Å². The SMILES string of the molecule is COc1ccc(N2CC(=O)CC2=O)c(C(F)(F)F)c1. The standard InChI is InChI=1S/C12H10F3NO3/c1-19-8-2-3-10(9(5-8)12(13,14)15)16-6-7(17)4-11(16)18/h2-3,5H,4,6H2,1H3. The first-order valence-electron chi connectivity index (χ1n) is 5.40. The molecule has 1 aliphatic heterocycles. The molecule has 0 N–H and O–H groups in total. The minimum absolute atomic E-state index is 0.0362. The van der Waals surface area contributed by atoms with Crippen LogP contribution in [-0.2, 0) is 15.8 Å². The normalized spacial score (nSPS) is 16.1. The summed E-state index contributed by atoms with van der Waals surface area (Å²) in [5.74, 6) is -0.983. The summed E-state index contributed by atoms with van der Waals surface area (Å²) >= 11 is 0. The molecule has 1 saturated heterocycles. The summed E-state index contributed by atoms with van der Waals surface area (Å²) in [6.07, 6.45) is -4.99. The van der Waals surface area contributed by atoms with Crippen LogP contribution >= 0.6 is 0 Å². The van der Waals surface area contributed by atoms with Crippen LogP contribution in [0.2, 0.25) is 0 Å². The Morgan fingerprint density at radius 3 is 2.42 bits per heavy atom. The Bertz CT molecular complexity index is 540. The Labute approximate surface area is 106 Å². The number of amides is 1. The van der Waals surface area contributed by atoms with Gasteiger partial charge in [0.1, 0.15) is 5.75 Å². The molecule has 4 nitrogen and oxygen atoms in total. The van der Waals surface area contributed by atoms with Gasteiger partial charge in [-0.2, -0.15) is 13.2 Å². The zero-order valence-electron chi connectivity index (χ0n) is 9.95. The van der Waals surface area contributed by atoms with Crippen LogP contribution < -0.4 is 9.64 Å². The molecule has 0 unspecified atom stereocenters. The third-order valence-electron chi connectivity index (χ3n) is 2.78. The molecule has 7 heteroatoms. The fourth-order valence-electron chi connectivity index (χ4n) is 1.91. The lowest BCUT2D eigenvalue weighted by Crippen LogP contribution is -2.27. The van der Waals surface area contributed by atoms with Crippen molar-refractivity contribution in [2.45, 2.75) is 12.6 Å². The Kier molecular flexibility index (Phi) is 3.21. The summed E-state index contributed by atoms with van der Waals surface area (Å²) < 4.78 is 43.6. The Morgan fingerprint density at radius 2 is 1.95 bits per heavy atom. The summed E-state index contributed by atoms with van der Waals surface area (Å²) in [6, 6.07) is 3.27. The lowest BCUT2D eigenvalue weighted by Gasteiger charge is -2.21. The van der Waals surface area contributed by atoms with Crippen LogP contribution in [0.25, 0.3) is 0 Å². The molecule has 19 heavy (non-hydrogen) atoms. The lowest BCUT2D eigenvalue weighted by molar-refractivity contribution is -0.137. The van der Waals surface area contributed by atoms with E-state index in [-0.39, 0.29) is 24.4 Å². The number of hydrogen-bond donors (Lipinski definition) is 0. The monoisotopic (exact) mass is 273 g/mol. The smallest absolute Gasteiger partial charge is 0.418 e. The van der Waals surface area contributed by atoms with E-state index in [9.17, 15) is 22.8 Å². The largest absolute Gasteiger partial charge is 0.497 e. The predicted molar refractivity (Wildman–Crippen MR) is 60.0 cm³/mol. The number of Topliss-reactive ketones (excluding diaryl/α,β-unsaturated/α-hetero) is 1. The highest BCUT2D eigenvalue weighted by Gasteiger charge is 2.39. The number of alkyl halides is 3. The number of hydrogen-bond acceptors (Lipinski definition) is 3. The third-order valence-corrected chi connectivity index (χ3v) is 2.78. The molecule has 0 atom stereocenters. The number of nitrogens with zero attached hydrogens (tertiary/aromatic N) is 1. The van der Waals surface area contributed by atoms with Crippen LogP contribution in [0.15, 0.2) is 18.2 Å². The Morgan fingerprint density at radius 1 is 1.26 bits per heavy atom. The van der Waals surface area contributed by atoms with Crippen LogP contribution in [0.4, 0.5) is 18.9 Å². The van der Waals surface area contributed by atoms with Gasteiger partial charge >= 0.3 is 6.18 Å². The van der Waals surface area contributed by atoms with Crippen LogP contribution in [-0.4, -0.2) is 25.3 Å². The minimum atomic E-state index is -4.63. The van der Waals surface area contributed by atoms with E-state index >= 15 is 0 Å². The molecule has 0 aliphatic carbocycles. The fourth-order valence-corrected chi connectivity index (χ4v) is 1.91. The van der Waals surface area contributed by atoms with Gasteiger partial charge in [-0.25, -0.2) is 0 Å². The van der Waals surface area contributed by atoms with Crippen molar-refractivity contribution < 1.29 is 27.5 Å². The lowest BCUT2D eigenvalue weighted by atomic mass is 10.1. The van der Waals surface area contributed by atoms with E-state index in [2.05, 4.69) is 0 Å². The molecule has 1 amide bonds. The second-order valence-corrected chi connectivity index (χ2v) is 4.08. The van der Waals surface area contributed by atoms with Crippen LogP contribution in [0, 0.1) is 0 Å². The number of anilines is 1. The van der Waals surface area contributed by atoms with Crippen molar-refractivity contribution in [1.29, 1.82) is 0 Å². The first kappa shape index (κ1) is 13.4. The molecule has 1 heterocycles. The molecule has 0 aromatic heterocycles. The molecule has 1 aromatic rings. The Hall–Kier alpha value is -2.05. The van der Waals surface area contributed by atoms with Crippen LogP contribution in [0.1, 0.15) is 12.0 Å². The number of ketones is 1. The van der Waals surface area contributed by atoms with Gasteiger partial charge in [0.15, 0.2) is 5.78 Å². The maximum Gasteiger partial charge on any atom is 0.418 e. The molecule has 2 rings (SSSR count). The average Bonchev–Trinajstić information content (AvgIpc) is 2.66. The zero-order valence-corrected chi connectivity index (χ0v) is 9.95. The fraction of sp³-hybridized carbons (Fsp3) is 0.333. The summed E-state index contributed by atoms with van der Waals surface area (Å²) in [6.45, 7) is -0.325. The van der Waals surface area contributed by atoms with E-state index in [0.29, 0.717) is 0 Å². The van der Waals surface area contributed by atoms with Gasteiger partial charge < -0.3 is 9.64 Å². The second-order valence-electron chi connectivity index (χ2n) is 4.08. The van der Waals surface area contributed by atoms with Gasteiger partial charge in [0.2, 0.25) is 5.91 Å². The second kappa shape index (κ2) is 4.56. The molecular weight excluding hydrogens is 263 g/mol. The van der Waals surface area contributed by atoms with Crippen molar-refractivity contribution in [3.8, 4) is 5.75 Å². The maximum absolute atomic E-state index is 13.0. The van der Waals surface area contributed by atoms with Crippen molar-refractivity contribution in [3.63, 3.8) is 0 Å². The number of halogens is 3. The quantitative estimate of drug-likeness (QED) is 0.774. The Balaban J connectivity index is 2.51. The molecule has 1 aromatic carbocycles. The topological polar surface area (TPSA) is 46.6 Å². The van der Waals surface area contributed by atoms with Crippen molar-refractivity contribution in [1.82, 2.24) is 0 Å². The first-order valence-corrected chi connectivity index (χ1v) is 5.40. The van der Waals surface area contributed by atoms with Gasteiger partial charge in [0.25, 0.3) is 0 Å². The highest BCUT2D eigenvalue weighted by molar-refractivity contribution is 6.15. The maximum atomic E-state index is 13.0. The predicted octanol–water partition coefficient (Wildman–Crippen LogP) is 2.02. The van der Waals surface area contributed by atoms with Gasteiger partial charge in [-0.3, -0.25) is 9.59 Å². The molecule has 0 spiro atoms. The molecule has 0 saturated carbocycles. The highest BCUT2D eigenvalue weighted by Crippen LogP contribution is 2.39. The number of benzene rings is 1. The molecule has 1 fully saturated rings. The van der Waals surface area contributed by atoms with E-state index in [0.717, 1.165) is 17.0 Å². The molecule has 0 bridgehead atoms. The van der Waals surface area contributed by atoms with Crippen molar-refractivity contribution in [3.05, 3.63) is 23.8 Å². The van der Waals surface area contributed by atoms with Crippen LogP contribution in [0.3, 0.4) is 0 Å². The van der Waals surface area contributed by atoms with Crippen LogP contribution in [0.5, 0.6) is 5.75 Å². The summed E-state index contributed by atoms with van der Waals surface area (Å²) in [5.41, 5.74) is -1.31. The highest BCUT2D eigenvalue weighted by atomic mass is 19.4. The number of carbonyl (C=O) groups excluding carboxylic acids is 2. The minimum Gasteiger partial charge on any atom is -0.497 e. The summed E-state index contributed by atoms with van der Waals surface area (Å²) in [4.78, 5) is 23.5. The van der Waals surface area contributed by atoms with Crippen molar-refractivity contribution in [2.75, 3.05) is 18.6 Å². The number of methoxy groups -OCH3 is 1. The average molecular weight is 273 g/mol. The molecule has 0 radical (unpaired) electrons. The molecular formula is C12H10F3NO3. The number of rotatable bonds is 2. The van der Waals surface area contributed by atoms with E-state index in [1.54, 1.807) is 0 Å². The molecule has 1 aliphatic rings. The van der Waals surface area contributed by atoms with Gasteiger partial charge in [-0.1, -0.05) is 0 Å². The van der Waals surface area contributed by atoms with Gasteiger partial charge in [0.05, 0.1) is 31.3 Å². The number of ether oxygens (including phenoxy) is 1.